The highest BCUT2D eigenvalue weighted by Gasteiger charge is 2.53. The molecule has 24 rings (SSSR count). The maximum absolute atomic E-state index is 8.15. The molecule has 0 radical (unpaired) electrons. The number of fused-ring (bicyclic) bond motifs is 17. The van der Waals surface area contributed by atoms with Crippen molar-refractivity contribution in [3.63, 3.8) is 0 Å². The first-order valence-corrected chi connectivity index (χ1v) is 38.6. The van der Waals surface area contributed by atoms with E-state index in [0.29, 0.717) is 0 Å². The summed E-state index contributed by atoms with van der Waals surface area (Å²) >= 11 is 0. The normalized spacial score (nSPS) is 13.4. The molecule has 0 unspecified atom stereocenters. The highest BCUT2D eigenvalue weighted by Crippen LogP contribution is 2.55. The van der Waals surface area contributed by atoms with Crippen molar-refractivity contribution < 1.29 is 4.74 Å². The van der Waals surface area contributed by atoms with Crippen LogP contribution < -0.4 is 73.5 Å². The van der Waals surface area contributed by atoms with Crippen LogP contribution in [0.5, 0.6) is 11.5 Å². The van der Waals surface area contributed by atoms with Crippen molar-refractivity contribution in [2.24, 2.45) is 0 Å². The second-order valence-electron chi connectivity index (χ2n) is 30.1. The molecule has 0 atom stereocenters. The number of aromatic nitrogens is 1. The van der Waals surface area contributed by atoms with Crippen LogP contribution in [-0.4, -0.2) is 24.7 Å². The van der Waals surface area contributed by atoms with Gasteiger partial charge in [0, 0.05) is 96.2 Å². The van der Waals surface area contributed by atoms with E-state index in [4.69, 9.17) is 4.74 Å². The lowest BCUT2D eigenvalue weighted by Gasteiger charge is -2.51. The van der Waals surface area contributed by atoms with Crippen LogP contribution in [0.2, 0.25) is 0 Å². The zero-order valence-electron chi connectivity index (χ0n) is 60.3. The Morgan fingerprint density at radius 3 is 1.21 bits per heavy atom. The number of ether oxygens (including phenoxy) is 1. The van der Waals surface area contributed by atoms with Crippen molar-refractivity contribution >= 4 is 159 Å². The van der Waals surface area contributed by atoms with Crippen LogP contribution in [0.15, 0.2) is 388 Å². The van der Waals surface area contributed by atoms with E-state index in [1.165, 1.54) is 77.3 Å². The molecule has 0 bridgehead atoms. The van der Waals surface area contributed by atoms with Gasteiger partial charge in [0.25, 0.3) is 20.1 Å². The third-order valence-corrected chi connectivity index (χ3v) is 24.3. The quantitative estimate of drug-likeness (QED) is 0.134. The van der Waals surface area contributed by atoms with E-state index in [0.717, 1.165) is 135 Å². The molecule has 512 valence electrons. The van der Waals surface area contributed by atoms with E-state index >= 15 is 0 Å². The summed E-state index contributed by atoms with van der Waals surface area (Å²) in [4.78, 5) is 10.4. The molecule has 9 heteroatoms. The minimum absolute atomic E-state index is 0.0756. The molecule has 6 aliphatic heterocycles. The summed E-state index contributed by atoms with van der Waals surface area (Å²) in [7, 11) is 0. The number of hydrogen-bond donors (Lipinski definition) is 0. The largest absolute Gasteiger partial charge is 0.458 e. The van der Waals surface area contributed by atoms with Gasteiger partial charge in [-0.3, -0.25) is 0 Å². The van der Waals surface area contributed by atoms with E-state index in [1.54, 1.807) is 0 Å². The summed E-state index contributed by atoms with van der Waals surface area (Å²) in [6.07, 6.45) is 0. The number of benzene rings is 17. The van der Waals surface area contributed by atoms with Crippen LogP contribution >= 0.6 is 0 Å². The van der Waals surface area contributed by atoms with Gasteiger partial charge in [-0.05, 0) is 197 Å². The first kappa shape index (κ1) is 61.8. The summed E-state index contributed by atoms with van der Waals surface area (Å²) in [5.74, 6) is 1.65. The van der Waals surface area contributed by atoms with Crippen molar-refractivity contribution in [2.75, 3.05) is 19.6 Å². The molecule has 1 aromatic heterocycles. The second kappa shape index (κ2) is 24.1. The van der Waals surface area contributed by atoms with Gasteiger partial charge in [0.1, 0.15) is 11.5 Å². The fraction of sp³-hybridized carbons (Fsp3) is 0. The molecule has 0 amide bonds. The average Bonchev–Trinajstić information content (AvgIpc) is 1.11. The van der Waals surface area contributed by atoms with E-state index in [1.807, 2.05) is 0 Å². The van der Waals surface area contributed by atoms with Gasteiger partial charge in [0.05, 0.1) is 16.7 Å². The summed E-state index contributed by atoms with van der Waals surface area (Å²) in [6, 6.07) is 145. The van der Waals surface area contributed by atoms with Crippen molar-refractivity contribution in [1.82, 2.24) is 4.57 Å². The molecule has 0 N–H and O–H groups in total. The van der Waals surface area contributed by atoms with Crippen LogP contribution in [0.4, 0.5) is 68.2 Å². The van der Waals surface area contributed by atoms with E-state index in [2.05, 4.69) is 412 Å². The molecule has 18 aromatic rings. The Bertz CT molecular complexity index is 6790. The third kappa shape index (κ3) is 9.12. The van der Waals surface area contributed by atoms with Crippen molar-refractivity contribution in [3.05, 3.63) is 388 Å². The van der Waals surface area contributed by atoms with Gasteiger partial charge >= 0.3 is 0 Å². The molecular formula is C102H64B3N5O. The Balaban J connectivity index is 0.810. The molecule has 0 saturated heterocycles. The van der Waals surface area contributed by atoms with Gasteiger partial charge in [-0.15, -0.1) is 0 Å². The predicted molar refractivity (Wildman–Crippen MR) is 467 cm³/mol. The van der Waals surface area contributed by atoms with E-state index < -0.39 is 0 Å². The van der Waals surface area contributed by atoms with E-state index in [9.17, 15) is 0 Å². The van der Waals surface area contributed by atoms with Gasteiger partial charge in [-0.1, -0.05) is 279 Å². The van der Waals surface area contributed by atoms with Crippen molar-refractivity contribution in [2.45, 2.75) is 0 Å². The van der Waals surface area contributed by atoms with Gasteiger partial charge in [0.15, 0.2) is 0 Å². The highest BCUT2D eigenvalue weighted by atomic mass is 16.5. The van der Waals surface area contributed by atoms with Crippen LogP contribution in [0, 0.1) is 0 Å². The topological polar surface area (TPSA) is 27.1 Å². The van der Waals surface area contributed by atoms with Gasteiger partial charge in [-0.2, -0.15) is 0 Å². The Labute approximate surface area is 645 Å². The number of anilines is 12. The number of para-hydroxylation sites is 8. The SMILES string of the molecule is c1ccc(-c2cc(-c3ccccc3)cc(N3c4ccccc4B4c5cc6c(cc5Oc5cc(-c7ccc8c(c7)c7ccccc7n8-c7ccccc7)cc3c54)N(c3c(-c4ccccc4)cccc3-c3ccccc3)c3cc4c5c7c3B6c3ccccc3N7c3ccccc3B5c3ccccc3N4c3ccccc3)c2)cc1. The monoisotopic (exact) mass is 1410 g/mol. The standard InChI is InChI=1S/C102H64B3N5O/c1-7-30-65(31-8-1)70-56-71(66-32-9-2-10-33-66)58-75(57-70)108-89-51-26-21-46-81(89)105-85-62-84-92(64-96(85)111-97-61-72(60-93(108)98(97)105)69-54-55-87-79(59-69)78-42-19-24-49-86(78)106(87)73-38-15-5-16-39-73)110(101-76(67-34-11-3-12-35-67)43-29-44-77(101)68-36-13-4-14-37-68)95-63-94-99-102-100(95)104(84)83-48-23-28-53-91(83)109(102)90-52-27-22-47-82(90)103(99)80-45-20-25-50-88(80)107(94)74-40-17-6-18-41-74/h1-64H. The lowest BCUT2D eigenvalue weighted by Crippen LogP contribution is -2.69. The molecular weight excluding hydrogens is 1340 g/mol. The van der Waals surface area contributed by atoms with Crippen LogP contribution in [0.25, 0.3) is 83.1 Å². The molecule has 0 fully saturated rings. The van der Waals surface area contributed by atoms with Crippen LogP contribution in [-0.2, 0) is 0 Å². The van der Waals surface area contributed by atoms with Crippen LogP contribution in [0.1, 0.15) is 0 Å². The maximum Gasteiger partial charge on any atom is 0.256 e. The number of rotatable bonds is 9. The Morgan fingerprint density at radius 1 is 0.198 bits per heavy atom. The summed E-state index contributed by atoms with van der Waals surface area (Å²) in [5, 5.41) is 2.38. The van der Waals surface area contributed by atoms with Crippen LogP contribution in [0.3, 0.4) is 0 Å². The molecule has 111 heavy (non-hydrogen) atoms. The lowest BCUT2D eigenvalue weighted by molar-refractivity contribution is 0.488. The molecule has 17 aromatic carbocycles. The fourth-order valence-electron chi connectivity index (χ4n) is 19.8. The smallest absolute Gasteiger partial charge is 0.256 e. The first-order chi connectivity index (χ1) is 55.1. The Hall–Kier alpha value is -14.3. The summed E-state index contributed by atoms with van der Waals surface area (Å²) < 4.78 is 10.6. The first-order valence-electron chi connectivity index (χ1n) is 38.6. The Kier molecular flexibility index (Phi) is 13.4. The van der Waals surface area contributed by atoms with Gasteiger partial charge < -0.3 is 28.9 Å². The molecule has 6 aliphatic rings. The molecule has 0 spiro atoms. The minimum Gasteiger partial charge on any atom is -0.458 e. The minimum atomic E-state index is -0.265. The van der Waals surface area contributed by atoms with Gasteiger partial charge in [0.2, 0.25) is 0 Å². The lowest BCUT2D eigenvalue weighted by atomic mass is 9.28. The summed E-state index contributed by atoms with van der Waals surface area (Å²) in [5.41, 5.74) is 39.4. The summed E-state index contributed by atoms with van der Waals surface area (Å²) in [6.45, 7) is -0.577. The zero-order valence-corrected chi connectivity index (χ0v) is 60.3. The van der Waals surface area contributed by atoms with E-state index in [-0.39, 0.29) is 20.1 Å². The molecule has 7 heterocycles. The maximum atomic E-state index is 8.15. The third-order valence-electron chi connectivity index (χ3n) is 24.3. The molecule has 0 aliphatic carbocycles. The highest BCUT2D eigenvalue weighted by molar-refractivity contribution is 7.05. The van der Waals surface area contributed by atoms with Crippen molar-refractivity contribution in [1.29, 1.82) is 0 Å². The fourth-order valence-corrected chi connectivity index (χ4v) is 19.8. The van der Waals surface area contributed by atoms with Crippen molar-refractivity contribution in [3.8, 4) is 72.8 Å². The second-order valence-corrected chi connectivity index (χ2v) is 30.1. The number of hydrogen-bond acceptors (Lipinski definition) is 5. The number of nitrogens with zero attached hydrogens (tertiary/aromatic N) is 5. The molecule has 0 saturated carbocycles. The average molecular weight is 1410 g/mol. The Morgan fingerprint density at radius 2 is 0.631 bits per heavy atom. The molecule has 6 nitrogen and oxygen atoms in total. The zero-order chi connectivity index (χ0) is 72.5. The predicted octanol–water partition coefficient (Wildman–Crippen LogP) is 20.2. The van der Waals surface area contributed by atoms with Gasteiger partial charge in [-0.25, -0.2) is 0 Å².